The number of amides is 2. The van der Waals surface area contributed by atoms with Crippen molar-refractivity contribution in [3.05, 3.63) is 54.1 Å². The summed E-state index contributed by atoms with van der Waals surface area (Å²) in [5.41, 5.74) is 3.08. The van der Waals surface area contributed by atoms with E-state index >= 15 is 0 Å². The predicted octanol–water partition coefficient (Wildman–Crippen LogP) is 1.06. The molecule has 1 fully saturated rings. The minimum atomic E-state index is -0.170. The van der Waals surface area contributed by atoms with Gasteiger partial charge in [0.2, 0.25) is 5.91 Å². The minimum absolute atomic E-state index is 0.00757. The molecule has 2 aromatic carbocycles. The number of rotatable bonds is 8. The zero-order valence-electron chi connectivity index (χ0n) is 18.7. The number of para-hydroxylation sites is 1. The summed E-state index contributed by atoms with van der Waals surface area (Å²) in [6, 6.07) is 15.8. The number of nitrogens with zero attached hydrogens (tertiary/aromatic N) is 2. The zero-order valence-corrected chi connectivity index (χ0v) is 18.7. The molecule has 0 unspecified atom stereocenters. The Balaban J connectivity index is 1.44. The Hall–Kier alpha value is -3.06. The summed E-state index contributed by atoms with van der Waals surface area (Å²) >= 11 is 0. The number of ether oxygens (including phenoxy) is 1. The highest BCUT2D eigenvalue weighted by Crippen LogP contribution is 2.19. The van der Waals surface area contributed by atoms with Gasteiger partial charge in [0.05, 0.1) is 39.8 Å². The van der Waals surface area contributed by atoms with E-state index in [2.05, 4.69) is 29.3 Å². The molecule has 0 radical (unpaired) electrons. The number of aryl methyl sites for hydroxylation is 1. The molecule has 7 nitrogen and oxygen atoms in total. The molecule has 2 aromatic rings. The van der Waals surface area contributed by atoms with Crippen molar-refractivity contribution in [1.29, 1.82) is 0 Å². The fourth-order valence-electron chi connectivity index (χ4n) is 3.84. The lowest BCUT2D eigenvalue weighted by Gasteiger charge is -2.34. The molecule has 0 spiro atoms. The fraction of sp³-hybridized carbons (Fsp3) is 0.417. The SMILES string of the molecule is CCc1ccccc1NC(=O)CN(C)C(=O)C[NH+]1CCN(c2ccc(OC)cc2)CC1. The van der Waals surface area contributed by atoms with E-state index in [0.29, 0.717) is 6.54 Å². The molecular weight excluding hydrogens is 392 g/mol. The van der Waals surface area contributed by atoms with Crippen LogP contribution in [0, 0.1) is 0 Å². The number of hydrogen-bond acceptors (Lipinski definition) is 4. The van der Waals surface area contributed by atoms with E-state index in [-0.39, 0.29) is 18.4 Å². The second-order valence-corrected chi connectivity index (χ2v) is 7.92. The average Bonchev–Trinajstić information content (AvgIpc) is 2.80. The quantitative estimate of drug-likeness (QED) is 0.664. The Bertz CT molecular complexity index is 877. The second kappa shape index (κ2) is 10.8. The van der Waals surface area contributed by atoms with Gasteiger partial charge in [-0.1, -0.05) is 25.1 Å². The zero-order chi connectivity index (χ0) is 22.2. The molecule has 1 saturated heterocycles. The first-order valence-electron chi connectivity index (χ1n) is 10.8. The van der Waals surface area contributed by atoms with E-state index in [9.17, 15) is 9.59 Å². The van der Waals surface area contributed by atoms with Crippen molar-refractivity contribution >= 4 is 23.2 Å². The van der Waals surface area contributed by atoms with Crippen LogP contribution in [0.5, 0.6) is 5.75 Å². The number of benzene rings is 2. The first-order valence-corrected chi connectivity index (χ1v) is 10.8. The summed E-state index contributed by atoms with van der Waals surface area (Å²) in [6.07, 6.45) is 0.844. The van der Waals surface area contributed by atoms with Gasteiger partial charge in [-0.05, 0) is 42.3 Å². The summed E-state index contributed by atoms with van der Waals surface area (Å²) in [5.74, 6) is 0.673. The van der Waals surface area contributed by atoms with Crippen LogP contribution < -0.4 is 19.9 Å². The number of nitrogens with one attached hydrogen (secondary N) is 2. The monoisotopic (exact) mass is 425 g/mol. The van der Waals surface area contributed by atoms with Crippen molar-refractivity contribution in [3.63, 3.8) is 0 Å². The van der Waals surface area contributed by atoms with Crippen LogP contribution in [0.3, 0.4) is 0 Å². The molecule has 31 heavy (non-hydrogen) atoms. The number of quaternary nitrogens is 1. The summed E-state index contributed by atoms with van der Waals surface area (Å²) in [4.78, 5) is 30.1. The first-order chi connectivity index (χ1) is 15.0. The molecule has 2 amide bonds. The smallest absolute Gasteiger partial charge is 0.277 e. The van der Waals surface area contributed by atoms with E-state index in [4.69, 9.17) is 4.74 Å². The molecule has 0 atom stereocenters. The number of methoxy groups -OCH3 is 1. The second-order valence-electron chi connectivity index (χ2n) is 7.92. The number of piperazine rings is 1. The molecule has 1 aliphatic rings. The molecule has 1 heterocycles. The molecule has 0 aliphatic carbocycles. The Kier molecular flexibility index (Phi) is 7.89. The predicted molar refractivity (Wildman–Crippen MR) is 123 cm³/mol. The molecule has 3 rings (SSSR count). The van der Waals surface area contributed by atoms with Gasteiger partial charge < -0.3 is 24.8 Å². The maximum Gasteiger partial charge on any atom is 0.277 e. The summed E-state index contributed by atoms with van der Waals surface area (Å²) in [6.45, 7) is 6.09. The molecule has 0 saturated carbocycles. The van der Waals surface area contributed by atoms with Crippen LogP contribution >= 0.6 is 0 Å². The topological polar surface area (TPSA) is 66.3 Å². The van der Waals surface area contributed by atoms with E-state index in [1.807, 2.05) is 36.4 Å². The Morgan fingerprint density at radius 2 is 1.77 bits per heavy atom. The van der Waals surface area contributed by atoms with Gasteiger partial charge in [-0.15, -0.1) is 0 Å². The van der Waals surface area contributed by atoms with Gasteiger partial charge in [-0.2, -0.15) is 0 Å². The standard InChI is InChI=1S/C24H32N4O3/c1-4-19-7-5-6-8-22(19)25-23(29)17-26(2)24(30)18-27-13-15-28(16-14-27)20-9-11-21(31-3)12-10-20/h5-12H,4,13-18H2,1-3H3,(H,25,29)/p+1. The first kappa shape index (κ1) is 22.6. The van der Waals surface area contributed by atoms with Gasteiger partial charge in [-0.25, -0.2) is 0 Å². The van der Waals surface area contributed by atoms with Crippen molar-refractivity contribution in [2.24, 2.45) is 0 Å². The highest BCUT2D eigenvalue weighted by atomic mass is 16.5. The molecule has 7 heteroatoms. The third kappa shape index (κ3) is 6.21. The van der Waals surface area contributed by atoms with E-state index in [1.54, 1.807) is 14.2 Å². The van der Waals surface area contributed by atoms with Crippen molar-refractivity contribution < 1.29 is 19.2 Å². The van der Waals surface area contributed by atoms with Gasteiger partial charge in [0.15, 0.2) is 6.54 Å². The molecule has 0 bridgehead atoms. The molecule has 166 valence electrons. The Labute approximate surface area is 184 Å². The number of likely N-dealkylation sites (N-methyl/N-ethyl adjacent to an activating group) is 1. The number of anilines is 2. The molecule has 2 N–H and O–H groups in total. The van der Waals surface area contributed by atoms with Crippen molar-refractivity contribution in [1.82, 2.24) is 4.90 Å². The Morgan fingerprint density at radius 3 is 2.42 bits per heavy atom. The van der Waals surface area contributed by atoms with Crippen LogP contribution in [0.2, 0.25) is 0 Å². The van der Waals surface area contributed by atoms with Gasteiger partial charge in [0, 0.05) is 18.4 Å². The molecule has 1 aliphatic heterocycles. The van der Waals surface area contributed by atoms with Crippen molar-refractivity contribution in [3.8, 4) is 5.75 Å². The summed E-state index contributed by atoms with van der Waals surface area (Å²) in [5, 5.41) is 2.93. The van der Waals surface area contributed by atoms with Gasteiger partial charge in [-0.3, -0.25) is 9.59 Å². The average molecular weight is 426 g/mol. The van der Waals surface area contributed by atoms with Gasteiger partial charge in [0.1, 0.15) is 5.75 Å². The maximum absolute atomic E-state index is 12.6. The summed E-state index contributed by atoms with van der Waals surface area (Å²) in [7, 11) is 3.36. The van der Waals surface area contributed by atoms with Crippen LogP contribution in [-0.4, -0.2) is 70.1 Å². The Morgan fingerprint density at radius 1 is 1.10 bits per heavy atom. The largest absolute Gasteiger partial charge is 0.497 e. The minimum Gasteiger partial charge on any atom is -0.497 e. The van der Waals surface area contributed by atoms with E-state index in [1.165, 1.54) is 15.5 Å². The number of hydrogen-bond donors (Lipinski definition) is 2. The lowest BCUT2D eigenvalue weighted by atomic mass is 10.1. The van der Waals surface area contributed by atoms with Crippen LogP contribution in [0.15, 0.2) is 48.5 Å². The maximum atomic E-state index is 12.6. The lowest BCUT2D eigenvalue weighted by molar-refractivity contribution is -0.892. The van der Waals surface area contributed by atoms with Crippen LogP contribution in [0.25, 0.3) is 0 Å². The third-order valence-electron chi connectivity index (χ3n) is 5.79. The normalized spacial score (nSPS) is 14.2. The van der Waals surface area contributed by atoms with Gasteiger partial charge in [0.25, 0.3) is 5.91 Å². The third-order valence-corrected chi connectivity index (χ3v) is 5.79. The molecule has 0 aromatic heterocycles. The number of carbonyl (C=O) groups excluding carboxylic acids is 2. The van der Waals surface area contributed by atoms with Crippen molar-refractivity contribution in [2.75, 3.05) is 63.6 Å². The fourth-order valence-corrected chi connectivity index (χ4v) is 3.84. The van der Waals surface area contributed by atoms with Crippen LogP contribution in [0.1, 0.15) is 12.5 Å². The van der Waals surface area contributed by atoms with Crippen LogP contribution in [-0.2, 0) is 16.0 Å². The number of carbonyl (C=O) groups is 2. The van der Waals surface area contributed by atoms with E-state index < -0.39 is 0 Å². The molecular formula is C24H33N4O3+. The van der Waals surface area contributed by atoms with Gasteiger partial charge >= 0.3 is 0 Å². The van der Waals surface area contributed by atoms with Crippen LogP contribution in [0.4, 0.5) is 11.4 Å². The van der Waals surface area contributed by atoms with Crippen molar-refractivity contribution in [2.45, 2.75) is 13.3 Å². The van der Waals surface area contributed by atoms with E-state index in [0.717, 1.165) is 49.6 Å². The lowest BCUT2D eigenvalue weighted by Crippen LogP contribution is -3.15. The summed E-state index contributed by atoms with van der Waals surface area (Å²) < 4.78 is 5.22. The highest BCUT2D eigenvalue weighted by molar-refractivity contribution is 5.95. The highest BCUT2D eigenvalue weighted by Gasteiger charge is 2.24.